The van der Waals surface area contributed by atoms with E-state index < -0.39 is 0 Å². The minimum atomic E-state index is 0.185. The van der Waals surface area contributed by atoms with E-state index in [9.17, 15) is 0 Å². The fourth-order valence-corrected chi connectivity index (χ4v) is 2.17. The highest BCUT2D eigenvalue weighted by Gasteiger charge is 2.26. The first-order chi connectivity index (χ1) is 6.88. The molecule has 0 fully saturated rings. The van der Waals surface area contributed by atoms with Gasteiger partial charge in [-0.3, -0.25) is 0 Å². The molecule has 84 valence electrons. The van der Waals surface area contributed by atoms with Crippen LogP contribution in [0.25, 0.3) is 0 Å². The Morgan fingerprint density at radius 1 is 1.27 bits per heavy atom. The Labute approximate surface area is 97.8 Å². The van der Waals surface area contributed by atoms with Gasteiger partial charge in [0.2, 0.25) is 0 Å². The minimum absolute atomic E-state index is 0.185. The Hall–Kier alpha value is -0.530. The molecule has 0 spiro atoms. The van der Waals surface area contributed by atoms with Crippen LogP contribution < -0.4 is 5.32 Å². The van der Waals surface area contributed by atoms with Gasteiger partial charge in [0.25, 0.3) is 0 Å². The van der Waals surface area contributed by atoms with E-state index in [1.807, 2.05) is 19.2 Å². The molecule has 0 amide bonds. The van der Waals surface area contributed by atoms with Gasteiger partial charge in [-0.15, -0.1) is 0 Å². The Morgan fingerprint density at radius 3 is 2.33 bits per heavy atom. The van der Waals surface area contributed by atoms with Gasteiger partial charge in [-0.2, -0.15) is 0 Å². The van der Waals surface area contributed by atoms with Crippen molar-refractivity contribution in [2.75, 3.05) is 7.05 Å². The molecule has 0 aromatic heterocycles. The van der Waals surface area contributed by atoms with E-state index in [2.05, 4.69) is 39.1 Å². The maximum absolute atomic E-state index is 6.14. The molecule has 1 rings (SSSR count). The van der Waals surface area contributed by atoms with Gasteiger partial charge in [0, 0.05) is 11.1 Å². The summed E-state index contributed by atoms with van der Waals surface area (Å²) in [5, 5.41) is 4.21. The smallest absolute Gasteiger partial charge is 0.0438 e. The quantitative estimate of drug-likeness (QED) is 0.804. The molecule has 0 saturated heterocycles. The highest BCUT2D eigenvalue weighted by molar-refractivity contribution is 6.31. The van der Waals surface area contributed by atoms with Crippen molar-refractivity contribution in [3.05, 3.63) is 34.3 Å². The van der Waals surface area contributed by atoms with E-state index in [1.165, 1.54) is 11.1 Å². The molecular formula is C13H20ClN. The van der Waals surface area contributed by atoms with Crippen LogP contribution in [-0.4, -0.2) is 7.05 Å². The lowest BCUT2D eigenvalue weighted by Crippen LogP contribution is -2.30. The third-order valence-corrected chi connectivity index (χ3v) is 3.18. The SMILES string of the molecule is CNC(c1cccc(Cl)c1C)C(C)(C)C. The Balaban J connectivity index is 3.19. The summed E-state index contributed by atoms with van der Waals surface area (Å²) < 4.78 is 0. The Kier molecular flexibility index (Phi) is 3.80. The van der Waals surface area contributed by atoms with Gasteiger partial charge in [-0.05, 0) is 36.6 Å². The van der Waals surface area contributed by atoms with E-state index in [-0.39, 0.29) is 5.41 Å². The largest absolute Gasteiger partial charge is 0.313 e. The van der Waals surface area contributed by atoms with Gasteiger partial charge in [-0.1, -0.05) is 44.5 Å². The predicted octanol–water partition coefficient (Wildman–Crippen LogP) is 3.96. The van der Waals surface area contributed by atoms with Gasteiger partial charge in [0.1, 0.15) is 0 Å². The summed E-state index contributed by atoms with van der Waals surface area (Å²) >= 11 is 6.14. The van der Waals surface area contributed by atoms with Crippen LogP contribution in [0.1, 0.15) is 37.9 Å². The van der Waals surface area contributed by atoms with Crippen LogP contribution in [-0.2, 0) is 0 Å². The van der Waals surface area contributed by atoms with Crippen LogP contribution in [0.3, 0.4) is 0 Å². The van der Waals surface area contributed by atoms with Crippen molar-refractivity contribution in [1.29, 1.82) is 0 Å². The lowest BCUT2D eigenvalue weighted by molar-refractivity contribution is 0.286. The molecule has 0 saturated carbocycles. The molecule has 1 aromatic rings. The third-order valence-electron chi connectivity index (χ3n) is 2.78. The van der Waals surface area contributed by atoms with Crippen LogP contribution in [0.2, 0.25) is 5.02 Å². The average Bonchev–Trinajstić information content (AvgIpc) is 2.11. The third kappa shape index (κ3) is 2.73. The van der Waals surface area contributed by atoms with Crippen LogP contribution in [0.15, 0.2) is 18.2 Å². The molecule has 0 heterocycles. The molecule has 1 aromatic carbocycles. The normalized spacial score (nSPS) is 14.0. The lowest BCUT2D eigenvalue weighted by atomic mass is 9.81. The zero-order valence-electron chi connectivity index (χ0n) is 10.2. The van der Waals surface area contributed by atoms with E-state index in [0.29, 0.717) is 6.04 Å². The number of benzene rings is 1. The maximum atomic E-state index is 6.14. The topological polar surface area (TPSA) is 12.0 Å². The number of hydrogen-bond acceptors (Lipinski definition) is 1. The van der Waals surface area contributed by atoms with Gasteiger partial charge in [0.05, 0.1) is 0 Å². The molecule has 1 unspecified atom stereocenters. The van der Waals surface area contributed by atoms with Crippen LogP contribution in [0.5, 0.6) is 0 Å². The molecule has 15 heavy (non-hydrogen) atoms. The minimum Gasteiger partial charge on any atom is -0.313 e. The molecule has 0 aliphatic carbocycles. The van der Waals surface area contributed by atoms with Crippen molar-refractivity contribution in [3.8, 4) is 0 Å². The second-order valence-electron chi connectivity index (χ2n) is 5.04. The fourth-order valence-electron chi connectivity index (χ4n) is 1.99. The maximum Gasteiger partial charge on any atom is 0.0438 e. The summed E-state index contributed by atoms with van der Waals surface area (Å²) in [7, 11) is 2.00. The summed E-state index contributed by atoms with van der Waals surface area (Å²) in [6.07, 6.45) is 0. The summed E-state index contributed by atoms with van der Waals surface area (Å²) in [5.74, 6) is 0. The summed E-state index contributed by atoms with van der Waals surface area (Å²) in [4.78, 5) is 0. The summed E-state index contributed by atoms with van der Waals surface area (Å²) in [6.45, 7) is 8.77. The number of nitrogens with one attached hydrogen (secondary N) is 1. The first kappa shape index (κ1) is 12.5. The van der Waals surface area contributed by atoms with E-state index in [4.69, 9.17) is 11.6 Å². The average molecular weight is 226 g/mol. The number of hydrogen-bond donors (Lipinski definition) is 1. The van der Waals surface area contributed by atoms with Gasteiger partial charge >= 0.3 is 0 Å². The van der Waals surface area contributed by atoms with Crippen LogP contribution >= 0.6 is 11.6 Å². The molecule has 1 nitrogen and oxygen atoms in total. The van der Waals surface area contributed by atoms with Gasteiger partial charge in [0.15, 0.2) is 0 Å². The van der Waals surface area contributed by atoms with Crippen LogP contribution in [0, 0.1) is 12.3 Å². The predicted molar refractivity (Wildman–Crippen MR) is 67.4 cm³/mol. The number of halogens is 1. The lowest BCUT2D eigenvalue weighted by Gasteiger charge is -2.32. The van der Waals surface area contributed by atoms with Crippen molar-refractivity contribution in [1.82, 2.24) is 5.32 Å². The molecule has 0 bridgehead atoms. The van der Waals surface area contributed by atoms with Crippen molar-refractivity contribution in [2.24, 2.45) is 5.41 Å². The molecular weight excluding hydrogens is 206 g/mol. The van der Waals surface area contributed by atoms with Gasteiger partial charge < -0.3 is 5.32 Å². The molecule has 0 aliphatic heterocycles. The highest BCUT2D eigenvalue weighted by Crippen LogP contribution is 2.35. The second-order valence-corrected chi connectivity index (χ2v) is 5.45. The fraction of sp³-hybridized carbons (Fsp3) is 0.538. The zero-order chi connectivity index (χ0) is 11.6. The van der Waals surface area contributed by atoms with Gasteiger partial charge in [-0.25, -0.2) is 0 Å². The van der Waals surface area contributed by atoms with Crippen molar-refractivity contribution >= 4 is 11.6 Å². The molecule has 2 heteroatoms. The zero-order valence-corrected chi connectivity index (χ0v) is 10.9. The molecule has 0 aliphatic rings. The Morgan fingerprint density at radius 2 is 1.87 bits per heavy atom. The van der Waals surface area contributed by atoms with E-state index in [0.717, 1.165) is 5.02 Å². The first-order valence-electron chi connectivity index (χ1n) is 5.30. The monoisotopic (exact) mass is 225 g/mol. The molecule has 1 atom stereocenters. The van der Waals surface area contributed by atoms with Crippen molar-refractivity contribution in [3.63, 3.8) is 0 Å². The standard InChI is InChI=1S/C13H20ClN/c1-9-10(7-6-8-11(9)14)12(15-5)13(2,3)4/h6-8,12,15H,1-5H3. The second kappa shape index (κ2) is 4.54. The van der Waals surface area contributed by atoms with Crippen LogP contribution in [0.4, 0.5) is 0 Å². The van der Waals surface area contributed by atoms with E-state index >= 15 is 0 Å². The summed E-state index contributed by atoms with van der Waals surface area (Å²) in [5.41, 5.74) is 2.65. The van der Waals surface area contributed by atoms with Crippen molar-refractivity contribution in [2.45, 2.75) is 33.7 Å². The Bertz CT molecular complexity index is 339. The summed E-state index contributed by atoms with van der Waals surface area (Å²) in [6, 6.07) is 6.43. The van der Waals surface area contributed by atoms with E-state index in [1.54, 1.807) is 0 Å². The molecule has 0 radical (unpaired) electrons. The molecule has 1 N–H and O–H groups in total. The van der Waals surface area contributed by atoms with Crippen molar-refractivity contribution < 1.29 is 0 Å². The highest BCUT2D eigenvalue weighted by atomic mass is 35.5. The first-order valence-corrected chi connectivity index (χ1v) is 5.68. The number of rotatable bonds is 2.